The Labute approximate surface area is 146 Å². The molecule has 1 aliphatic heterocycles. The molecule has 0 aliphatic carbocycles. The van der Waals surface area contributed by atoms with E-state index in [0.717, 1.165) is 11.3 Å². The standard InChI is InChI=1S/C19H22N2O2S/c1-14-4-6-15(7-5-14)10-11-20-19(23)17-8-9-18(22)21(17)13-16-3-2-12-24-16/h2-7,12,17H,8-11,13H2,1H3,(H,20,23). The summed E-state index contributed by atoms with van der Waals surface area (Å²) >= 11 is 1.62. The van der Waals surface area contributed by atoms with Crippen LogP contribution in [0.15, 0.2) is 41.8 Å². The van der Waals surface area contributed by atoms with Gasteiger partial charge in [-0.25, -0.2) is 0 Å². The van der Waals surface area contributed by atoms with Crippen molar-refractivity contribution in [3.63, 3.8) is 0 Å². The lowest BCUT2D eigenvalue weighted by molar-refractivity contribution is -0.135. The Balaban J connectivity index is 1.53. The van der Waals surface area contributed by atoms with Crippen molar-refractivity contribution in [1.82, 2.24) is 10.2 Å². The van der Waals surface area contributed by atoms with Crippen LogP contribution in [0.1, 0.15) is 28.8 Å². The molecule has 126 valence electrons. The van der Waals surface area contributed by atoms with E-state index in [0.29, 0.717) is 25.9 Å². The van der Waals surface area contributed by atoms with Gasteiger partial charge in [-0.3, -0.25) is 9.59 Å². The Bertz CT molecular complexity index is 695. The largest absolute Gasteiger partial charge is 0.354 e. The van der Waals surface area contributed by atoms with E-state index in [9.17, 15) is 9.59 Å². The molecule has 1 aliphatic rings. The molecule has 2 amide bonds. The van der Waals surface area contributed by atoms with Crippen LogP contribution in [0.2, 0.25) is 0 Å². The predicted molar refractivity (Wildman–Crippen MR) is 95.8 cm³/mol. The van der Waals surface area contributed by atoms with Crippen LogP contribution in [0, 0.1) is 6.92 Å². The Morgan fingerprint density at radius 1 is 1.29 bits per heavy atom. The van der Waals surface area contributed by atoms with Gasteiger partial charge in [0.15, 0.2) is 0 Å². The molecule has 3 rings (SSSR count). The van der Waals surface area contributed by atoms with E-state index in [4.69, 9.17) is 0 Å². The monoisotopic (exact) mass is 342 g/mol. The molecule has 0 radical (unpaired) electrons. The van der Waals surface area contributed by atoms with Crippen molar-refractivity contribution in [2.45, 2.75) is 38.8 Å². The number of nitrogens with zero attached hydrogens (tertiary/aromatic N) is 1. The number of amides is 2. The minimum atomic E-state index is -0.336. The van der Waals surface area contributed by atoms with Gasteiger partial charge in [-0.15, -0.1) is 11.3 Å². The fraction of sp³-hybridized carbons (Fsp3) is 0.368. The van der Waals surface area contributed by atoms with Gasteiger partial charge in [-0.1, -0.05) is 35.9 Å². The maximum atomic E-state index is 12.5. The molecule has 1 fully saturated rings. The molecular formula is C19H22N2O2S. The zero-order valence-corrected chi connectivity index (χ0v) is 14.6. The fourth-order valence-corrected chi connectivity index (χ4v) is 3.68. The number of aryl methyl sites for hydroxylation is 1. The predicted octanol–water partition coefficient (Wildman–Crippen LogP) is 2.91. The quantitative estimate of drug-likeness (QED) is 0.877. The summed E-state index contributed by atoms with van der Waals surface area (Å²) in [7, 11) is 0. The molecule has 4 nitrogen and oxygen atoms in total. The maximum Gasteiger partial charge on any atom is 0.242 e. The van der Waals surface area contributed by atoms with Crippen LogP contribution in [0.5, 0.6) is 0 Å². The van der Waals surface area contributed by atoms with E-state index < -0.39 is 0 Å². The van der Waals surface area contributed by atoms with Crippen LogP contribution in [0.3, 0.4) is 0 Å². The number of carbonyl (C=O) groups excluding carboxylic acids is 2. The number of likely N-dealkylation sites (tertiary alicyclic amines) is 1. The number of benzene rings is 1. The summed E-state index contributed by atoms with van der Waals surface area (Å²) in [6.45, 7) is 3.19. The van der Waals surface area contributed by atoms with Gasteiger partial charge < -0.3 is 10.2 Å². The molecular weight excluding hydrogens is 320 g/mol. The van der Waals surface area contributed by atoms with E-state index in [2.05, 4.69) is 36.5 Å². The van der Waals surface area contributed by atoms with E-state index >= 15 is 0 Å². The summed E-state index contributed by atoms with van der Waals surface area (Å²) in [6.07, 6.45) is 1.87. The van der Waals surface area contributed by atoms with Crippen molar-refractivity contribution in [3.8, 4) is 0 Å². The van der Waals surface area contributed by atoms with Crippen LogP contribution in [-0.4, -0.2) is 29.3 Å². The second-order valence-electron chi connectivity index (χ2n) is 6.18. The van der Waals surface area contributed by atoms with E-state index in [1.165, 1.54) is 11.1 Å². The molecule has 0 bridgehead atoms. The number of nitrogens with one attached hydrogen (secondary N) is 1. The molecule has 24 heavy (non-hydrogen) atoms. The Hall–Kier alpha value is -2.14. The summed E-state index contributed by atoms with van der Waals surface area (Å²) in [4.78, 5) is 27.4. The second-order valence-corrected chi connectivity index (χ2v) is 7.21. The van der Waals surface area contributed by atoms with Crippen molar-refractivity contribution < 1.29 is 9.59 Å². The van der Waals surface area contributed by atoms with Gasteiger partial charge in [0.2, 0.25) is 11.8 Å². The van der Waals surface area contributed by atoms with Crippen LogP contribution in [0.4, 0.5) is 0 Å². The van der Waals surface area contributed by atoms with Crippen molar-refractivity contribution >= 4 is 23.2 Å². The first-order valence-corrected chi connectivity index (χ1v) is 9.16. The van der Waals surface area contributed by atoms with Gasteiger partial charge in [0.25, 0.3) is 0 Å². The van der Waals surface area contributed by atoms with Crippen molar-refractivity contribution in [1.29, 1.82) is 0 Å². The minimum Gasteiger partial charge on any atom is -0.354 e. The molecule has 1 aromatic heterocycles. The highest BCUT2D eigenvalue weighted by Crippen LogP contribution is 2.23. The number of carbonyl (C=O) groups is 2. The molecule has 0 spiro atoms. The smallest absolute Gasteiger partial charge is 0.242 e. The number of hydrogen-bond donors (Lipinski definition) is 1. The highest BCUT2D eigenvalue weighted by molar-refractivity contribution is 7.09. The normalized spacial score (nSPS) is 17.3. The first kappa shape index (κ1) is 16.7. The average molecular weight is 342 g/mol. The molecule has 1 N–H and O–H groups in total. The third-order valence-corrected chi connectivity index (χ3v) is 5.23. The fourth-order valence-electron chi connectivity index (χ4n) is 2.98. The highest BCUT2D eigenvalue weighted by atomic mass is 32.1. The van der Waals surface area contributed by atoms with Gasteiger partial charge in [0, 0.05) is 17.8 Å². The van der Waals surface area contributed by atoms with E-state index in [-0.39, 0.29) is 17.9 Å². The first-order chi connectivity index (χ1) is 11.6. The molecule has 1 unspecified atom stereocenters. The summed E-state index contributed by atoms with van der Waals surface area (Å²) in [6, 6.07) is 12.0. The van der Waals surface area contributed by atoms with Gasteiger partial charge >= 0.3 is 0 Å². The number of hydrogen-bond acceptors (Lipinski definition) is 3. The molecule has 5 heteroatoms. The second kappa shape index (κ2) is 7.62. The zero-order chi connectivity index (χ0) is 16.9. The molecule has 1 atom stereocenters. The number of rotatable bonds is 6. The van der Waals surface area contributed by atoms with E-state index in [1.807, 2.05) is 17.5 Å². The first-order valence-electron chi connectivity index (χ1n) is 8.28. The Morgan fingerprint density at radius 3 is 2.79 bits per heavy atom. The van der Waals surface area contributed by atoms with Gasteiger partial charge in [0.1, 0.15) is 6.04 Å². The highest BCUT2D eigenvalue weighted by Gasteiger charge is 2.35. The molecule has 2 heterocycles. The summed E-state index contributed by atoms with van der Waals surface area (Å²) < 4.78 is 0. The maximum absolute atomic E-state index is 12.5. The summed E-state index contributed by atoms with van der Waals surface area (Å²) in [5.41, 5.74) is 2.44. The SMILES string of the molecule is Cc1ccc(CCNC(=O)C2CCC(=O)N2Cc2cccs2)cc1. The lowest BCUT2D eigenvalue weighted by Gasteiger charge is -2.23. The van der Waals surface area contributed by atoms with Crippen molar-refractivity contribution in [3.05, 3.63) is 57.8 Å². The van der Waals surface area contributed by atoms with Crippen LogP contribution in [0.25, 0.3) is 0 Å². The minimum absolute atomic E-state index is 0.0375. The topological polar surface area (TPSA) is 49.4 Å². The molecule has 0 saturated carbocycles. The van der Waals surface area contributed by atoms with Gasteiger partial charge in [-0.05, 0) is 36.8 Å². The summed E-state index contributed by atoms with van der Waals surface area (Å²) in [5.74, 6) is 0.0339. The lowest BCUT2D eigenvalue weighted by Crippen LogP contribution is -2.44. The Kier molecular flexibility index (Phi) is 5.30. The molecule has 1 saturated heterocycles. The molecule has 1 aromatic carbocycles. The zero-order valence-electron chi connectivity index (χ0n) is 13.8. The van der Waals surface area contributed by atoms with Crippen molar-refractivity contribution in [2.75, 3.05) is 6.54 Å². The van der Waals surface area contributed by atoms with Gasteiger partial charge in [0.05, 0.1) is 6.54 Å². The Morgan fingerprint density at radius 2 is 2.08 bits per heavy atom. The third kappa shape index (κ3) is 4.03. The van der Waals surface area contributed by atoms with Crippen LogP contribution < -0.4 is 5.32 Å². The lowest BCUT2D eigenvalue weighted by atomic mass is 10.1. The average Bonchev–Trinajstić information content (AvgIpc) is 3.20. The third-order valence-electron chi connectivity index (χ3n) is 4.37. The molecule has 2 aromatic rings. The number of thiophene rings is 1. The van der Waals surface area contributed by atoms with Crippen LogP contribution in [-0.2, 0) is 22.6 Å². The summed E-state index contributed by atoms with van der Waals surface area (Å²) in [5, 5.41) is 4.98. The van der Waals surface area contributed by atoms with E-state index in [1.54, 1.807) is 16.2 Å². The van der Waals surface area contributed by atoms with Gasteiger partial charge in [-0.2, -0.15) is 0 Å². The van der Waals surface area contributed by atoms with Crippen LogP contribution >= 0.6 is 11.3 Å². The van der Waals surface area contributed by atoms with Crippen molar-refractivity contribution in [2.24, 2.45) is 0 Å².